The average Bonchev–Trinajstić information content (AvgIpc) is 3.40. The van der Waals surface area contributed by atoms with Crippen LogP contribution >= 0.6 is 0 Å². The van der Waals surface area contributed by atoms with Gasteiger partial charge in [0.25, 0.3) is 0 Å². The molecule has 2 atom stereocenters. The van der Waals surface area contributed by atoms with Crippen LogP contribution < -0.4 is 10.2 Å². The maximum Gasteiger partial charge on any atom is 0.235 e. The Bertz CT molecular complexity index is 1470. The number of anilines is 2. The first-order chi connectivity index (χ1) is 17.0. The predicted octanol–water partition coefficient (Wildman–Crippen LogP) is 3.89. The molecule has 2 aromatic carbocycles. The van der Waals surface area contributed by atoms with Gasteiger partial charge in [-0.25, -0.2) is 9.37 Å². The van der Waals surface area contributed by atoms with Crippen LogP contribution in [0.1, 0.15) is 23.5 Å². The summed E-state index contributed by atoms with van der Waals surface area (Å²) in [5.41, 5.74) is 4.62. The number of halogens is 1. The molecule has 176 valence electrons. The maximum absolute atomic E-state index is 13.9. The van der Waals surface area contributed by atoms with E-state index in [9.17, 15) is 9.18 Å². The van der Waals surface area contributed by atoms with Crippen LogP contribution in [-0.4, -0.2) is 59.2 Å². The molecule has 2 unspecified atom stereocenters. The molecule has 1 saturated carbocycles. The lowest BCUT2D eigenvalue weighted by Gasteiger charge is -2.33. The Labute approximate surface area is 202 Å². The van der Waals surface area contributed by atoms with Crippen molar-refractivity contribution < 1.29 is 9.18 Å². The second kappa shape index (κ2) is 7.36. The van der Waals surface area contributed by atoms with Crippen LogP contribution in [0.5, 0.6) is 0 Å². The number of rotatable bonds is 3. The van der Waals surface area contributed by atoms with Crippen LogP contribution in [0.3, 0.4) is 0 Å². The highest BCUT2D eigenvalue weighted by Gasteiger charge is 2.65. The van der Waals surface area contributed by atoms with Crippen LogP contribution in [0.2, 0.25) is 0 Å². The van der Waals surface area contributed by atoms with Crippen molar-refractivity contribution in [2.45, 2.75) is 17.8 Å². The van der Waals surface area contributed by atoms with Gasteiger partial charge in [0.2, 0.25) is 5.91 Å². The molecule has 4 heterocycles. The molecule has 7 nitrogen and oxygen atoms in total. The standard InChI is InChI=1S/C27H25FN6O/c1-33-8-10-34(11-9-33)24-7-3-17(15-29-24)25-19-5-2-16(12-23(19)31-32-25)21-14-27(21)20-13-18(28)4-6-22(20)30-26(27)35/h2-7,12-13,15,21H,8-11,14H2,1H3,(H,30,35)(H,31,32). The number of likely N-dealkylation sites (N-methyl/N-ethyl adjacent to an activating group) is 1. The van der Waals surface area contributed by atoms with Gasteiger partial charge in [-0.1, -0.05) is 12.1 Å². The Kier molecular flexibility index (Phi) is 4.33. The summed E-state index contributed by atoms with van der Waals surface area (Å²) >= 11 is 0. The van der Waals surface area contributed by atoms with E-state index in [1.54, 1.807) is 6.07 Å². The van der Waals surface area contributed by atoms with Crippen molar-refractivity contribution >= 4 is 28.3 Å². The van der Waals surface area contributed by atoms with E-state index in [0.29, 0.717) is 6.42 Å². The topological polar surface area (TPSA) is 77.1 Å². The van der Waals surface area contributed by atoms with Gasteiger partial charge in [0, 0.05) is 54.9 Å². The van der Waals surface area contributed by atoms with Crippen molar-refractivity contribution in [3.05, 3.63) is 71.7 Å². The third kappa shape index (κ3) is 3.09. The lowest BCUT2D eigenvalue weighted by atomic mass is 9.91. The van der Waals surface area contributed by atoms with Crippen molar-refractivity contribution in [1.29, 1.82) is 0 Å². The fraction of sp³-hybridized carbons (Fsp3) is 0.296. The van der Waals surface area contributed by atoms with Gasteiger partial charge in [-0.15, -0.1) is 0 Å². The number of piperazine rings is 1. The normalized spacial score (nSPS) is 23.7. The highest BCUT2D eigenvalue weighted by atomic mass is 19.1. The molecule has 2 N–H and O–H groups in total. The number of pyridine rings is 1. The molecule has 1 amide bonds. The molecule has 0 radical (unpaired) electrons. The van der Waals surface area contributed by atoms with Crippen molar-refractivity contribution in [1.82, 2.24) is 20.1 Å². The summed E-state index contributed by atoms with van der Waals surface area (Å²) in [7, 11) is 2.15. The molecule has 1 aliphatic carbocycles. The van der Waals surface area contributed by atoms with E-state index in [1.807, 2.05) is 6.20 Å². The van der Waals surface area contributed by atoms with Crippen LogP contribution in [0.25, 0.3) is 22.2 Å². The zero-order valence-corrected chi connectivity index (χ0v) is 19.4. The first kappa shape index (κ1) is 20.6. The van der Waals surface area contributed by atoms with Gasteiger partial charge in [0.15, 0.2) is 0 Å². The molecule has 35 heavy (non-hydrogen) atoms. The third-order valence-electron chi connectivity index (χ3n) is 7.91. The van der Waals surface area contributed by atoms with E-state index < -0.39 is 5.41 Å². The molecule has 1 spiro atoms. The second-order valence-electron chi connectivity index (χ2n) is 9.94. The number of aromatic amines is 1. The van der Waals surface area contributed by atoms with Crippen LogP contribution in [0, 0.1) is 5.82 Å². The number of aromatic nitrogens is 3. The van der Waals surface area contributed by atoms with E-state index in [4.69, 9.17) is 4.98 Å². The molecular weight excluding hydrogens is 443 g/mol. The zero-order valence-electron chi connectivity index (χ0n) is 19.4. The fourth-order valence-corrected chi connectivity index (χ4v) is 5.79. The number of benzene rings is 2. The van der Waals surface area contributed by atoms with Crippen LogP contribution in [-0.2, 0) is 10.2 Å². The number of nitrogens with zero attached hydrogens (tertiary/aromatic N) is 4. The van der Waals surface area contributed by atoms with E-state index in [1.165, 1.54) is 12.1 Å². The van der Waals surface area contributed by atoms with Gasteiger partial charge in [-0.05, 0) is 61.0 Å². The van der Waals surface area contributed by atoms with Crippen molar-refractivity contribution in [3.63, 3.8) is 0 Å². The number of carbonyl (C=O) groups excluding carboxylic acids is 1. The molecule has 2 fully saturated rings. The Morgan fingerprint density at radius 1 is 1.06 bits per heavy atom. The summed E-state index contributed by atoms with van der Waals surface area (Å²) < 4.78 is 13.9. The Balaban J connectivity index is 1.17. The van der Waals surface area contributed by atoms with Crippen LogP contribution in [0.4, 0.5) is 15.9 Å². The first-order valence-corrected chi connectivity index (χ1v) is 12.0. The van der Waals surface area contributed by atoms with E-state index in [2.05, 4.69) is 62.7 Å². The summed E-state index contributed by atoms with van der Waals surface area (Å²) in [5, 5.41) is 11.7. The van der Waals surface area contributed by atoms with Crippen molar-refractivity contribution in [2.24, 2.45) is 0 Å². The maximum atomic E-state index is 13.9. The average molecular weight is 469 g/mol. The molecule has 2 aliphatic heterocycles. The van der Waals surface area contributed by atoms with Gasteiger partial charge in [0.05, 0.1) is 10.9 Å². The summed E-state index contributed by atoms with van der Waals surface area (Å²) in [4.78, 5) is 22.2. The lowest BCUT2D eigenvalue weighted by Crippen LogP contribution is -2.44. The number of H-pyrrole nitrogens is 1. The molecule has 3 aliphatic rings. The number of nitrogens with one attached hydrogen (secondary N) is 2. The molecular formula is C27H25FN6O. The third-order valence-corrected chi connectivity index (χ3v) is 7.91. The molecule has 0 bridgehead atoms. The smallest absolute Gasteiger partial charge is 0.235 e. The second-order valence-corrected chi connectivity index (χ2v) is 9.94. The van der Waals surface area contributed by atoms with Crippen LogP contribution in [0.15, 0.2) is 54.7 Å². The Morgan fingerprint density at radius 3 is 2.71 bits per heavy atom. The highest BCUT2D eigenvalue weighted by molar-refractivity contribution is 6.10. The quantitative estimate of drug-likeness (QED) is 0.477. The van der Waals surface area contributed by atoms with E-state index >= 15 is 0 Å². The summed E-state index contributed by atoms with van der Waals surface area (Å²) in [6.45, 7) is 4.05. The van der Waals surface area contributed by atoms with Gasteiger partial charge < -0.3 is 15.1 Å². The van der Waals surface area contributed by atoms with Crippen molar-refractivity contribution in [3.8, 4) is 11.3 Å². The number of hydrogen-bond donors (Lipinski definition) is 2. The zero-order chi connectivity index (χ0) is 23.7. The van der Waals surface area contributed by atoms with Gasteiger partial charge in [0.1, 0.15) is 17.3 Å². The number of amides is 1. The minimum Gasteiger partial charge on any atom is -0.354 e. The molecule has 4 aromatic rings. The van der Waals surface area contributed by atoms with E-state index in [0.717, 1.165) is 71.0 Å². The number of hydrogen-bond acceptors (Lipinski definition) is 5. The highest BCUT2D eigenvalue weighted by Crippen LogP contribution is 2.65. The largest absolute Gasteiger partial charge is 0.354 e. The van der Waals surface area contributed by atoms with Gasteiger partial charge in [-0.2, -0.15) is 5.10 Å². The van der Waals surface area contributed by atoms with E-state index in [-0.39, 0.29) is 17.6 Å². The monoisotopic (exact) mass is 468 g/mol. The van der Waals surface area contributed by atoms with Gasteiger partial charge in [-0.3, -0.25) is 9.89 Å². The molecule has 2 aromatic heterocycles. The number of fused-ring (bicyclic) bond motifs is 3. The Hall–Kier alpha value is -3.78. The predicted molar refractivity (Wildman–Crippen MR) is 133 cm³/mol. The minimum atomic E-state index is -0.670. The Morgan fingerprint density at radius 2 is 1.91 bits per heavy atom. The fourth-order valence-electron chi connectivity index (χ4n) is 5.79. The lowest BCUT2D eigenvalue weighted by molar-refractivity contribution is -0.118. The summed E-state index contributed by atoms with van der Waals surface area (Å²) in [5.74, 6) is 0.659. The SMILES string of the molecule is CN1CCN(c2ccc(-c3n[nH]c4cc(C5CC56C(=O)Nc5ccc(F)cc56)ccc34)cn2)CC1. The minimum absolute atomic E-state index is 0.0197. The van der Waals surface area contributed by atoms with Crippen molar-refractivity contribution in [2.75, 3.05) is 43.4 Å². The summed E-state index contributed by atoms with van der Waals surface area (Å²) in [6, 6.07) is 14.9. The molecule has 1 saturated heterocycles. The first-order valence-electron chi connectivity index (χ1n) is 12.0. The molecule has 8 heteroatoms. The molecule has 7 rings (SSSR count). The summed E-state index contributed by atoms with van der Waals surface area (Å²) in [6.07, 6.45) is 2.57. The van der Waals surface area contributed by atoms with Gasteiger partial charge >= 0.3 is 0 Å². The number of carbonyl (C=O) groups is 1.